The molecule has 116 valence electrons. The smallest absolute Gasteiger partial charge is 0.251 e. The summed E-state index contributed by atoms with van der Waals surface area (Å²) in [4.78, 5) is 12.0. The van der Waals surface area contributed by atoms with E-state index < -0.39 is 29.4 Å². The van der Waals surface area contributed by atoms with Crippen LogP contribution >= 0.6 is 0 Å². The average Bonchev–Trinajstić information content (AvgIpc) is 2.49. The van der Waals surface area contributed by atoms with Crippen molar-refractivity contribution < 1.29 is 22.7 Å². The molecular formula is C16H14F3NO2. The fraction of sp³-hybridized carbons (Fsp3) is 0.188. The van der Waals surface area contributed by atoms with E-state index >= 15 is 0 Å². The number of hydrogen-bond donors (Lipinski definition) is 1. The highest BCUT2D eigenvalue weighted by Crippen LogP contribution is 2.22. The van der Waals surface area contributed by atoms with Crippen LogP contribution in [0.15, 0.2) is 36.4 Å². The second-order valence-electron chi connectivity index (χ2n) is 4.72. The Bertz CT molecular complexity index is 704. The summed E-state index contributed by atoms with van der Waals surface area (Å²) in [6.45, 7) is 1.65. The van der Waals surface area contributed by atoms with Crippen molar-refractivity contribution in [3.05, 3.63) is 65.0 Å². The number of nitrogens with one attached hydrogen (secondary N) is 1. The molecule has 0 bridgehead atoms. The summed E-state index contributed by atoms with van der Waals surface area (Å²) in [5.41, 5.74) is 0.508. The van der Waals surface area contributed by atoms with Crippen LogP contribution in [-0.4, -0.2) is 13.0 Å². The van der Waals surface area contributed by atoms with Gasteiger partial charge < -0.3 is 10.1 Å². The monoisotopic (exact) mass is 309 g/mol. The molecule has 0 fully saturated rings. The highest BCUT2D eigenvalue weighted by Gasteiger charge is 2.15. The van der Waals surface area contributed by atoms with Crippen LogP contribution in [0.5, 0.6) is 5.75 Å². The van der Waals surface area contributed by atoms with E-state index in [1.165, 1.54) is 25.3 Å². The Kier molecular flexibility index (Phi) is 4.70. The Hall–Kier alpha value is -2.50. The predicted octanol–water partition coefficient (Wildman–Crippen LogP) is 3.60. The minimum absolute atomic E-state index is 0.0141. The van der Waals surface area contributed by atoms with Crippen molar-refractivity contribution in [1.82, 2.24) is 5.32 Å². The van der Waals surface area contributed by atoms with Crippen LogP contribution in [-0.2, 0) is 0 Å². The van der Waals surface area contributed by atoms with Gasteiger partial charge in [-0.25, -0.2) is 13.2 Å². The molecule has 2 aromatic carbocycles. The van der Waals surface area contributed by atoms with Crippen LogP contribution in [0.25, 0.3) is 0 Å². The molecule has 0 saturated carbocycles. The van der Waals surface area contributed by atoms with Crippen molar-refractivity contribution >= 4 is 5.91 Å². The van der Waals surface area contributed by atoms with E-state index in [0.717, 1.165) is 12.1 Å². The molecule has 0 aliphatic rings. The largest absolute Gasteiger partial charge is 0.494 e. The highest BCUT2D eigenvalue weighted by molar-refractivity contribution is 5.94. The number of amides is 1. The Balaban J connectivity index is 2.13. The van der Waals surface area contributed by atoms with E-state index in [1.54, 1.807) is 13.0 Å². The topological polar surface area (TPSA) is 38.3 Å². The number of ether oxygens (including phenoxy) is 1. The molecule has 0 heterocycles. The molecule has 0 radical (unpaired) electrons. The molecule has 1 N–H and O–H groups in total. The summed E-state index contributed by atoms with van der Waals surface area (Å²) < 4.78 is 44.4. The summed E-state index contributed by atoms with van der Waals surface area (Å²) >= 11 is 0. The summed E-state index contributed by atoms with van der Waals surface area (Å²) in [5, 5.41) is 2.59. The van der Waals surface area contributed by atoms with Gasteiger partial charge in [0.15, 0.2) is 23.2 Å². The Morgan fingerprint density at radius 3 is 2.36 bits per heavy atom. The van der Waals surface area contributed by atoms with Gasteiger partial charge in [-0.2, -0.15) is 0 Å². The number of hydrogen-bond acceptors (Lipinski definition) is 2. The molecule has 2 aromatic rings. The van der Waals surface area contributed by atoms with Gasteiger partial charge in [-0.15, -0.1) is 0 Å². The van der Waals surface area contributed by atoms with Gasteiger partial charge >= 0.3 is 0 Å². The molecule has 2 rings (SSSR count). The third-order valence-electron chi connectivity index (χ3n) is 3.21. The molecule has 0 aliphatic heterocycles. The quantitative estimate of drug-likeness (QED) is 0.937. The van der Waals surface area contributed by atoms with Crippen molar-refractivity contribution in [3.8, 4) is 5.75 Å². The first kappa shape index (κ1) is 15.9. The van der Waals surface area contributed by atoms with Gasteiger partial charge in [0.25, 0.3) is 5.91 Å². The molecule has 6 heteroatoms. The molecule has 1 amide bonds. The van der Waals surface area contributed by atoms with Gasteiger partial charge in [0, 0.05) is 5.56 Å². The van der Waals surface area contributed by atoms with Gasteiger partial charge in [-0.05, 0) is 42.8 Å². The number of halogens is 3. The standard InChI is InChI=1S/C16H14F3NO2/c1-9(10-4-6-15(22-2)14(19)7-10)20-16(21)11-3-5-12(17)13(18)8-11/h3-9H,1-2H3,(H,20,21)/t9-/m0/s1. The van der Waals surface area contributed by atoms with Crippen molar-refractivity contribution in [3.63, 3.8) is 0 Å². The van der Waals surface area contributed by atoms with Crippen LogP contribution in [0.4, 0.5) is 13.2 Å². The number of benzene rings is 2. The lowest BCUT2D eigenvalue weighted by atomic mass is 10.1. The zero-order valence-corrected chi connectivity index (χ0v) is 12.0. The lowest BCUT2D eigenvalue weighted by molar-refractivity contribution is 0.0939. The third kappa shape index (κ3) is 3.39. The van der Waals surface area contributed by atoms with E-state index in [4.69, 9.17) is 4.74 Å². The highest BCUT2D eigenvalue weighted by atomic mass is 19.2. The first-order chi connectivity index (χ1) is 10.4. The lowest BCUT2D eigenvalue weighted by Crippen LogP contribution is -2.26. The summed E-state index contributed by atoms with van der Waals surface area (Å²) in [6, 6.07) is 6.65. The van der Waals surface area contributed by atoms with Crippen LogP contribution in [0, 0.1) is 17.5 Å². The minimum Gasteiger partial charge on any atom is -0.494 e. The second-order valence-corrected chi connectivity index (χ2v) is 4.72. The summed E-state index contributed by atoms with van der Waals surface area (Å²) in [6.07, 6.45) is 0. The maximum Gasteiger partial charge on any atom is 0.251 e. The number of carbonyl (C=O) groups is 1. The van der Waals surface area contributed by atoms with Crippen LogP contribution in [0.3, 0.4) is 0 Å². The predicted molar refractivity (Wildman–Crippen MR) is 75.2 cm³/mol. The third-order valence-corrected chi connectivity index (χ3v) is 3.21. The number of methoxy groups -OCH3 is 1. The lowest BCUT2D eigenvalue weighted by Gasteiger charge is -2.15. The zero-order chi connectivity index (χ0) is 16.3. The molecule has 0 unspecified atom stereocenters. The Morgan fingerprint density at radius 2 is 1.77 bits per heavy atom. The first-order valence-electron chi connectivity index (χ1n) is 6.51. The fourth-order valence-electron chi connectivity index (χ4n) is 1.95. The van der Waals surface area contributed by atoms with Gasteiger partial charge in [-0.1, -0.05) is 6.07 Å². The average molecular weight is 309 g/mol. The molecule has 3 nitrogen and oxygen atoms in total. The SMILES string of the molecule is COc1ccc([C@H](C)NC(=O)c2ccc(F)c(F)c2)cc1F. The van der Waals surface area contributed by atoms with Crippen molar-refractivity contribution in [2.45, 2.75) is 13.0 Å². The molecule has 0 spiro atoms. The molecule has 22 heavy (non-hydrogen) atoms. The van der Waals surface area contributed by atoms with E-state index in [0.29, 0.717) is 5.56 Å². The number of rotatable bonds is 4. The van der Waals surface area contributed by atoms with Gasteiger partial charge in [0.1, 0.15) is 0 Å². The van der Waals surface area contributed by atoms with Crippen molar-refractivity contribution in [2.75, 3.05) is 7.11 Å². The summed E-state index contributed by atoms with van der Waals surface area (Å²) in [7, 11) is 1.35. The molecular weight excluding hydrogens is 295 g/mol. The maximum absolute atomic E-state index is 13.6. The van der Waals surface area contributed by atoms with E-state index in [9.17, 15) is 18.0 Å². The van der Waals surface area contributed by atoms with Crippen molar-refractivity contribution in [1.29, 1.82) is 0 Å². The molecule has 0 aliphatic carbocycles. The van der Waals surface area contributed by atoms with Crippen LogP contribution in [0.2, 0.25) is 0 Å². The van der Waals surface area contributed by atoms with E-state index in [-0.39, 0.29) is 11.3 Å². The van der Waals surface area contributed by atoms with Crippen LogP contribution < -0.4 is 10.1 Å². The maximum atomic E-state index is 13.6. The van der Waals surface area contributed by atoms with E-state index in [2.05, 4.69) is 5.32 Å². The van der Waals surface area contributed by atoms with Gasteiger partial charge in [0.05, 0.1) is 13.2 Å². The minimum atomic E-state index is -1.10. The normalized spacial score (nSPS) is 11.9. The van der Waals surface area contributed by atoms with Crippen molar-refractivity contribution in [2.24, 2.45) is 0 Å². The summed E-state index contributed by atoms with van der Waals surface area (Å²) in [5.74, 6) is -3.16. The molecule has 1 atom stereocenters. The Labute approximate surface area is 125 Å². The van der Waals surface area contributed by atoms with Gasteiger partial charge in [0.2, 0.25) is 0 Å². The number of carbonyl (C=O) groups excluding carboxylic acids is 1. The van der Waals surface area contributed by atoms with Gasteiger partial charge in [-0.3, -0.25) is 4.79 Å². The Morgan fingerprint density at radius 1 is 1.05 bits per heavy atom. The molecule has 0 aromatic heterocycles. The zero-order valence-electron chi connectivity index (χ0n) is 12.0. The molecule has 0 saturated heterocycles. The first-order valence-corrected chi connectivity index (χ1v) is 6.51. The van der Waals surface area contributed by atoms with Crippen LogP contribution in [0.1, 0.15) is 28.9 Å². The van der Waals surface area contributed by atoms with E-state index in [1.807, 2.05) is 0 Å². The second kappa shape index (κ2) is 6.51. The fourth-order valence-corrected chi connectivity index (χ4v) is 1.95.